The second-order valence-corrected chi connectivity index (χ2v) is 6.54. The number of hydrogen-bond acceptors (Lipinski definition) is 5. The van der Waals surface area contributed by atoms with E-state index in [2.05, 4.69) is 4.72 Å². The first-order valence-electron chi connectivity index (χ1n) is 6.71. The van der Waals surface area contributed by atoms with Crippen molar-refractivity contribution in [2.45, 2.75) is 37.6 Å². The van der Waals surface area contributed by atoms with E-state index in [0.29, 0.717) is 29.9 Å². The third-order valence-electron chi connectivity index (χ3n) is 3.12. The fourth-order valence-corrected chi connectivity index (χ4v) is 3.56. The molecule has 0 aliphatic carbocycles. The minimum absolute atomic E-state index is 0.0431. The lowest BCUT2D eigenvalue weighted by Crippen LogP contribution is -2.33. The largest absolute Gasteiger partial charge is 0.493 e. The van der Waals surface area contributed by atoms with E-state index in [1.807, 2.05) is 0 Å². The van der Waals surface area contributed by atoms with Gasteiger partial charge >= 0.3 is 0 Å². The van der Waals surface area contributed by atoms with Crippen LogP contribution in [0.2, 0.25) is 0 Å². The molecule has 0 fully saturated rings. The van der Waals surface area contributed by atoms with Crippen LogP contribution in [0.3, 0.4) is 0 Å². The summed E-state index contributed by atoms with van der Waals surface area (Å²) >= 11 is 0. The second-order valence-electron chi connectivity index (χ2n) is 4.86. The number of rotatable bonds is 8. The molecule has 0 aromatic heterocycles. The summed E-state index contributed by atoms with van der Waals surface area (Å²) < 4.78 is 37.7. The molecule has 7 heteroatoms. The van der Waals surface area contributed by atoms with Crippen molar-refractivity contribution in [2.24, 2.45) is 0 Å². The number of methoxy groups -OCH3 is 2. The summed E-state index contributed by atoms with van der Waals surface area (Å²) in [6.07, 6.45) is 1.12. The van der Waals surface area contributed by atoms with Crippen molar-refractivity contribution in [3.05, 3.63) is 17.7 Å². The Morgan fingerprint density at radius 2 is 1.81 bits per heavy atom. The van der Waals surface area contributed by atoms with E-state index < -0.39 is 10.0 Å². The number of aliphatic hydroxyl groups is 1. The molecule has 120 valence electrons. The monoisotopic (exact) mass is 317 g/mol. The van der Waals surface area contributed by atoms with Gasteiger partial charge in [-0.1, -0.05) is 0 Å². The van der Waals surface area contributed by atoms with Gasteiger partial charge in [-0.2, -0.15) is 0 Å². The van der Waals surface area contributed by atoms with Crippen LogP contribution in [-0.2, 0) is 10.0 Å². The summed E-state index contributed by atoms with van der Waals surface area (Å²) in [4.78, 5) is 0.163. The summed E-state index contributed by atoms with van der Waals surface area (Å²) in [7, 11) is -0.685. The van der Waals surface area contributed by atoms with Crippen LogP contribution in [0.4, 0.5) is 0 Å². The van der Waals surface area contributed by atoms with Crippen LogP contribution in [0.5, 0.6) is 11.5 Å². The highest BCUT2D eigenvalue weighted by Crippen LogP contribution is 2.32. The van der Waals surface area contributed by atoms with Gasteiger partial charge in [0.2, 0.25) is 10.0 Å². The maximum atomic E-state index is 12.4. The first kappa shape index (κ1) is 17.7. The quantitative estimate of drug-likeness (QED) is 0.758. The Morgan fingerprint density at radius 1 is 1.24 bits per heavy atom. The molecular weight excluding hydrogens is 294 g/mol. The maximum Gasteiger partial charge on any atom is 0.241 e. The summed E-state index contributed by atoms with van der Waals surface area (Å²) in [6.45, 7) is 3.51. The number of sulfonamides is 1. The molecule has 0 aliphatic heterocycles. The molecule has 0 amide bonds. The summed E-state index contributed by atoms with van der Waals surface area (Å²) in [5.74, 6) is 0.855. The highest BCUT2D eigenvalue weighted by atomic mass is 32.2. The summed E-state index contributed by atoms with van der Waals surface area (Å²) in [5, 5.41) is 8.79. The zero-order valence-corrected chi connectivity index (χ0v) is 13.7. The second kappa shape index (κ2) is 7.63. The molecule has 1 unspecified atom stereocenters. The average molecular weight is 317 g/mol. The molecule has 0 saturated carbocycles. The lowest BCUT2D eigenvalue weighted by molar-refractivity contribution is 0.279. The molecule has 1 aromatic rings. The SMILES string of the molecule is COc1cc(C)c(S(=O)(=O)NC(C)CCCO)cc1OC. The highest BCUT2D eigenvalue weighted by Gasteiger charge is 2.22. The van der Waals surface area contributed by atoms with Crippen LogP contribution < -0.4 is 14.2 Å². The third-order valence-corrected chi connectivity index (χ3v) is 4.85. The van der Waals surface area contributed by atoms with E-state index in [9.17, 15) is 8.42 Å². The molecule has 21 heavy (non-hydrogen) atoms. The van der Waals surface area contributed by atoms with Crippen molar-refractivity contribution in [1.82, 2.24) is 4.72 Å². The number of aryl methyl sites for hydroxylation is 1. The lowest BCUT2D eigenvalue weighted by Gasteiger charge is -2.17. The smallest absolute Gasteiger partial charge is 0.241 e. The average Bonchev–Trinajstić information content (AvgIpc) is 2.43. The van der Waals surface area contributed by atoms with Gasteiger partial charge in [0.15, 0.2) is 11.5 Å². The van der Waals surface area contributed by atoms with Gasteiger partial charge in [0.05, 0.1) is 19.1 Å². The van der Waals surface area contributed by atoms with Crippen LogP contribution in [-0.4, -0.2) is 40.4 Å². The van der Waals surface area contributed by atoms with E-state index in [0.717, 1.165) is 0 Å². The van der Waals surface area contributed by atoms with Crippen LogP contribution in [0.15, 0.2) is 17.0 Å². The summed E-state index contributed by atoms with van der Waals surface area (Å²) in [5.41, 5.74) is 0.578. The van der Waals surface area contributed by atoms with Crippen molar-refractivity contribution >= 4 is 10.0 Å². The molecule has 0 saturated heterocycles. The van der Waals surface area contributed by atoms with Gasteiger partial charge in [-0.3, -0.25) is 0 Å². The Labute approximate surface area is 126 Å². The Balaban J connectivity index is 3.08. The van der Waals surface area contributed by atoms with Gasteiger partial charge in [-0.25, -0.2) is 13.1 Å². The molecule has 1 atom stereocenters. The maximum absolute atomic E-state index is 12.4. The van der Waals surface area contributed by atoms with Gasteiger partial charge in [-0.15, -0.1) is 0 Å². The number of ether oxygens (including phenoxy) is 2. The van der Waals surface area contributed by atoms with Crippen molar-refractivity contribution in [2.75, 3.05) is 20.8 Å². The topological polar surface area (TPSA) is 84.9 Å². The van der Waals surface area contributed by atoms with Crippen LogP contribution in [0.25, 0.3) is 0 Å². The van der Waals surface area contributed by atoms with Gasteiger partial charge in [0.1, 0.15) is 0 Å². The number of nitrogens with one attached hydrogen (secondary N) is 1. The molecule has 0 bridgehead atoms. The van der Waals surface area contributed by atoms with E-state index in [-0.39, 0.29) is 17.5 Å². The van der Waals surface area contributed by atoms with Crippen molar-refractivity contribution in [3.8, 4) is 11.5 Å². The van der Waals surface area contributed by atoms with Crippen LogP contribution in [0, 0.1) is 6.92 Å². The molecule has 1 aromatic carbocycles. The van der Waals surface area contributed by atoms with E-state index >= 15 is 0 Å². The fourth-order valence-electron chi connectivity index (χ4n) is 2.04. The Morgan fingerprint density at radius 3 is 2.33 bits per heavy atom. The number of benzene rings is 1. The molecule has 6 nitrogen and oxygen atoms in total. The van der Waals surface area contributed by atoms with Gasteiger partial charge in [0.25, 0.3) is 0 Å². The minimum atomic E-state index is -3.65. The van der Waals surface area contributed by atoms with Crippen molar-refractivity contribution in [1.29, 1.82) is 0 Å². The molecule has 1 rings (SSSR count). The van der Waals surface area contributed by atoms with E-state index in [1.165, 1.54) is 20.3 Å². The molecule has 0 aliphatic rings. The van der Waals surface area contributed by atoms with Crippen molar-refractivity contribution < 1.29 is 23.0 Å². The van der Waals surface area contributed by atoms with Crippen molar-refractivity contribution in [3.63, 3.8) is 0 Å². The molecule has 0 heterocycles. The highest BCUT2D eigenvalue weighted by molar-refractivity contribution is 7.89. The molecule has 0 spiro atoms. The minimum Gasteiger partial charge on any atom is -0.493 e. The third kappa shape index (κ3) is 4.59. The van der Waals surface area contributed by atoms with Gasteiger partial charge in [0, 0.05) is 18.7 Å². The Bertz CT molecular complexity index is 571. The Hall–Kier alpha value is -1.31. The molecule has 2 N–H and O–H groups in total. The standard InChI is InChI=1S/C14H23NO5S/c1-10-8-12(19-3)13(20-4)9-14(10)21(17,18)15-11(2)6-5-7-16/h8-9,11,15-16H,5-7H2,1-4H3. The van der Waals surface area contributed by atoms with Gasteiger partial charge < -0.3 is 14.6 Å². The number of aliphatic hydroxyl groups excluding tert-OH is 1. The molecule has 0 radical (unpaired) electrons. The predicted octanol–water partition coefficient (Wildman–Crippen LogP) is 1.45. The first-order chi connectivity index (χ1) is 9.85. The fraction of sp³-hybridized carbons (Fsp3) is 0.571. The first-order valence-corrected chi connectivity index (χ1v) is 8.19. The predicted molar refractivity (Wildman–Crippen MR) is 80.4 cm³/mol. The summed E-state index contributed by atoms with van der Waals surface area (Å²) in [6, 6.07) is 2.83. The van der Waals surface area contributed by atoms with E-state index in [1.54, 1.807) is 19.9 Å². The number of hydrogen-bond donors (Lipinski definition) is 2. The zero-order valence-electron chi connectivity index (χ0n) is 12.8. The van der Waals surface area contributed by atoms with Crippen LogP contribution >= 0.6 is 0 Å². The Kier molecular flexibility index (Phi) is 6.44. The zero-order chi connectivity index (χ0) is 16.0. The van der Waals surface area contributed by atoms with E-state index in [4.69, 9.17) is 14.6 Å². The lowest BCUT2D eigenvalue weighted by atomic mass is 10.2. The van der Waals surface area contributed by atoms with Crippen LogP contribution in [0.1, 0.15) is 25.3 Å². The molecular formula is C14H23NO5S. The van der Waals surface area contributed by atoms with Gasteiger partial charge in [-0.05, 0) is 38.3 Å². The normalized spacial score (nSPS) is 13.0.